The summed E-state index contributed by atoms with van der Waals surface area (Å²) in [7, 11) is -0.520. The van der Waals surface area contributed by atoms with Gasteiger partial charge in [-0.05, 0) is 54.8 Å². The van der Waals surface area contributed by atoms with Crippen molar-refractivity contribution in [2.24, 2.45) is 0 Å². The molecule has 8 nitrogen and oxygen atoms in total. The van der Waals surface area contributed by atoms with E-state index in [1.807, 2.05) is 30.3 Å². The van der Waals surface area contributed by atoms with Crippen LogP contribution in [0.5, 0.6) is 23.0 Å². The van der Waals surface area contributed by atoms with Gasteiger partial charge in [0.05, 0.1) is 25.2 Å². The molecule has 6 rings (SSSR count). The van der Waals surface area contributed by atoms with E-state index < -0.39 is 16.1 Å². The predicted molar refractivity (Wildman–Crippen MR) is 142 cm³/mol. The van der Waals surface area contributed by atoms with Crippen LogP contribution >= 0.6 is 0 Å². The number of hydrogen-bond donors (Lipinski definition) is 1. The number of methoxy groups -OCH3 is 2. The smallest absolute Gasteiger partial charge is 0.262 e. The van der Waals surface area contributed by atoms with Crippen molar-refractivity contribution in [2.75, 3.05) is 32.2 Å². The first kappa shape index (κ1) is 24.9. The van der Waals surface area contributed by atoms with Gasteiger partial charge in [-0.25, -0.2) is 8.42 Å². The molecule has 0 radical (unpaired) electrons. The summed E-state index contributed by atoms with van der Waals surface area (Å²) in [5, 5.41) is 0. The number of benzene rings is 3. The van der Waals surface area contributed by atoms with Crippen LogP contribution in [0.3, 0.4) is 0 Å². The summed E-state index contributed by atoms with van der Waals surface area (Å²) in [4.78, 5) is 0.0999. The lowest BCUT2D eigenvalue weighted by Gasteiger charge is -2.42. The van der Waals surface area contributed by atoms with E-state index in [1.165, 1.54) is 12.1 Å². The van der Waals surface area contributed by atoms with Crippen LogP contribution < -0.4 is 23.7 Å². The minimum Gasteiger partial charge on any atom is -0.496 e. The molecule has 1 N–H and O–H groups in total. The first-order valence-corrected chi connectivity index (χ1v) is 14.4. The average molecular weight is 538 g/mol. The zero-order chi connectivity index (χ0) is 26.3. The van der Waals surface area contributed by atoms with Crippen molar-refractivity contribution in [3.05, 3.63) is 71.3 Å². The van der Waals surface area contributed by atoms with Gasteiger partial charge >= 0.3 is 0 Å². The minimum atomic E-state index is -3.87. The second kappa shape index (κ2) is 10.0. The van der Waals surface area contributed by atoms with E-state index >= 15 is 0 Å². The van der Waals surface area contributed by atoms with Crippen molar-refractivity contribution in [3.63, 3.8) is 0 Å². The Kier molecular flexibility index (Phi) is 6.57. The second-order valence-corrected chi connectivity index (χ2v) is 11.5. The molecule has 0 amide bonds. The highest BCUT2D eigenvalue weighted by Gasteiger charge is 2.41. The molecule has 0 saturated heterocycles. The van der Waals surface area contributed by atoms with Gasteiger partial charge in [-0.1, -0.05) is 25.0 Å². The van der Waals surface area contributed by atoms with E-state index in [1.54, 1.807) is 26.4 Å². The van der Waals surface area contributed by atoms with Crippen LogP contribution in [-0.4, -0.2) is 42.0 Å². The molecule has 38 heavy (non-hydrogen) atoms. The number of nitrogens with one attached hydrogen (secondary N) is 1. The standard InChI is InChI=1S/C29H31NO7S/c1-33-24-12-13-25(34-2)28-27(24)21-8-3-4-9-22(21)37-29(28)18-6-5-7-19(16-18)30-38(31,32)20-10-11-23-26(17-20)36-15-14-35-23/h5-7,10-13,16-17,21-22,29-30H,3-4,8-9,14-15H2,1-2H3. The first-order valence-electron chi connectivity index (χ1n) is 12.9. The number of hydrogen-bond acceptors (Lipinski definition) is 7. The van der Waals surface area contributed by atoms with Crippen LogP contribution in [0.15, 0.2) is 59.5 Å². The zero-order valence-corrected chi connectivity index (χ0v) is 22.3. The first-order chi connectivity index (χ1) is 18.5. The number of rotatable bonds is 6. The molecule has 3 aromatic carbocycles. The van der Waals surface area contributed by atoms with Gasteiger partial charge in [0.2, 0.25) is 0 Å². The zero-order valence-electron chi connectivity index (χ0n) is 21.4. The summed E-state index contributed by atoms with van der Waals surface area (Å²) in [6.07, 6.45) is 3.89. The fraction of sp³-hybridized carbons (Fsp3) is 0.379. The summed E-state index contributed by atoms with van der Waals surface area (Å²) < 4.78 is 58.7. The van der Waals surface area contributed by atoms with E-state index in [9.17, 15) is 8.42 Å². The summed E-state index contributed by atoms with van der Waals surface area (Å²) in [6, 6.07) is 15.8. The third kappa shape index (κ3) is 4.43. The van der Waals surface area contributed by atoms with Gasteiger partial charge < -0.3 is 23.7 Å². The Balaban J connectivity index is 1.36. The third-order valence-electron chi connectivity index (χ3n) is 7.56. The van der Waals surface area contributed by atoms with Gasteiger partial charge in [0.25, 0.3) is 10.0 Å². The van der Waals surface area contributed by atoms with Crippen molar-refractivity contribution < 1.29 is 32.1 Å². The largest absolute Gasteiger partial charge is 0.496 e. The lowest BCUT2D eigenvalue weighted by atomic mass is 9.75. The molecule has 1 fully saturated rings. The average Bonchev–Trinajstić information content (AvgIpc) is 2.95. The summed E-state index contributed by atoms with van der Waals surface area (Å²) in [5.41, 5.74) is 3.36. The fourth-order valence-corrected chi connectivity index (χ4v) is 6.92. The molecular weight excluding hydrogens is 506 g/mol. The van der Waals surface area contributed by atoms with E-state index in [4.69, 9.17) is 23.7 Å². The Morgan fingerprint density at radius 1 is 0.842 bits per heavy atom. The van der Waals surface area contributed by atoms with E-state index in [0.717, 1.165) is 53.9 Å². The summed E-state index contributed by atoms with van der Waals surface area (Å²) in [6.45, 7) is 0.819. The topological polar surface area (TPSA) is 92.3 Å². The molecule has 0 bridgehead atoms. The lowest BCUT2D eigenvalue weighted by Crippen LogP contribution is -2.34. The summed E-state index contributed by atoms with van der Waals surface area (Å²) in [5.74, 6) is 2.76. The normalized spacial score (nSPS) is 22.1. The Bertz CT molecular complexity index is 1460. The van der Waals surface area contributed by atoms with Crippen LogP contribution in [0.2, 0.25) is 0 Å². The molecule has 0 aromatic heterocycles. The second-order valence-electron chi connectivity index (χ2n) is 9.78. The maximum atomic E-state index is 13.3. The number of ether oxygens (including phenoxy) is 5. The highest BCUT2D eigenvalue weighted by atomic mass is 32.2. The van der Waals surface area contributed by atoms with Gasteiger partial charge in [0, 0.05) is 28.8 Å². The highest BCUT2D eigenvalue weighted by Crippen LogP contribution is 2.53. The van der Waals surface area contributed by atoms with Crippen molar-refractivity contribution in [3.8, 4) is 23.0 Å². The van der Waals surface area contributed by atoms with E-state index in [2.05, 4.69) is 4.72 Å². The molecule has 3 aliphatic rings. The Morgan fingerprint density at radius 3 is 2.37 bits per heavy atom. The van der Waals surface area contributed by atoms with Crippen molar-refractivity contribution in [1.29, 1.82) is 0 Å². The molecule has 2 heterocycles. The SMILES string of the molecule is COc1ccc(OC)c2c1C(c1cccc(NS(=O)(=O)c3ccc4c(c3)OCCO4)c1)OC1CCCCC21. The van der Waals surface area contributed by atoms with Crippen LogP contribution in [0.4, 0.5) is 5.69 Å². The Morgan fingerprint density at radius 2 is 1.58 bits per heavy atom. The molecule has 3 aromatic rings. The van der Waals surface area contributed by atoms with Crippen molar-refractivity contribution in [1.82, 2.24) is 0 Å². The molecular formula is C29H31NO7S. The third-order valence-corrected chi connectivity index (χ3v) is 8.94. The quantitative estimate of drug-likeness (QED) is 0.449. The highest BCUT2D eigenvalue weighted by molar-refractivity contribution is 7.92. The molecule has 2 aliphatic heterocycles. The van der Waals surface area contributed by atoms with E-state index in [0.29, 0.717) is 30.4 Å². The molecule has 9 heteroatoms. The van der Waals surface area contributed by atoms with Crippen LogP contribution in [0.1, 0.15) is 54.4 Å². The van der Waals surface area contributed by atoms with Crippen LogP contribution in [0.25, 0.3) is 0 Å². The summed E-state index contributed by atoms with van der Waals surface area (Å²) >= 11 is 0. The molecule has 1 aliphatic carbocycles. The van der Waals surface area contributed by atoms with Gasteiger partial charge in [-0.2, -0.15) is 0 Å². The maximum Gasteiger partial charge on any atom is 0.262 e. The monoisotopic (exact) mass is 537 g/mol. The van der Waals surface area contributed by atoms with Crippen molar-refractivity contribution in [2.45, 2.75) is 48.7 Å². The molecule has 0 spiro atoms. The molecule has 3 atom stereocenters. The Hall–Kier alpha value is -3.43. The van der Waals surface area contributed by atoms with Crippen LogP contribution in [0, 0.1) is 0 Å². The van der Waals surface area contributed by atoms with Gasteiger partial charge in [-0.15, -0.1) is 0 Å². The fourth-order valence-electron chi connectivity index (χ4n) is 5.85. The maximum absolute atomic E-state index is 13.3. The van der Waals surface area contributed by atoms with E-state index in [-0.39, 0.29) is 16.9 Å². The number of fused-ring (bicyclic) bond motifs is 4. The molecule has 1 saturated carbocycles. The lowest BCUT2D eigenvalue weighted by molar-refractivity contribution is -0.0406. The number of anilines is 1. The molecule has 3 unspecified atom stereocenters. The van der Waals surface area contributed by atoms with Gasteiger partial charge in [0.1, 0.15) is 30.8 Å². The molecule has 200 valence electrons. The minimum absolute atomic E-state index is 0.0559. The predicted octanol–water partition coefficient (Wildman–Crippen LogP) is 5.42. The van der Waals surface area contributed by atoms with Gasteiger partial charge in [-0.3, -0.25) is 4.72 Å². The number of sulfonamides is 1. The Labute approximate surface area is 222 Å². The van der Waals surface area contributed by atoms with Crippen LogP contribution in [-0.2, 0) is 14.8 Å². The van der Waals surface area contributed by atoms with Crippen molar-refractivity contribution >= 4 is 15.7 Å². The van der Waals surface area contributed by atoms with Gasteiger partial charge in [0.15, 0.2) is 11.5 Å².